The number of benzene rings is 4. The standard InChI is InChI=1S/C27H20N4O3/c1-18(28-24-13-7-11-19-8-5-6-12-23(19)24)25-26(20-9-3-2-4-10-20)29-30(27(25)32)21-14-16-22(17-15-21)31(33)34/h2-17,29H,1H3. The molecule has 0 bridgehead atoms. The zero-order chi connectivity index (χ0) is 23.7. The SMILES string of the molecule is CC(=Nc1cccc2ccccc12)c1c(-c2ccccc2)[nH]n(-c2ccc([N+](=O)[O-])cc2)c1=O. The van der Waals surface area contributed by atoms with Gasteiger partial charge in [0.05, 0.1) is 33.3 Å². The van der Waals surface area contributed by atoms with Crippen molar-refractivity contribution in [3.63, 3.8) is 0 Å². The van der Waals surface area contributed by atoms with Crippen molar-refractivity contribution in [2.45, 2.75) is 6.92 Å². The summed E-state index contributed by atoms with van der Waals surface area (Å²) in [6.07, 6.45) is 0. The zero-order valence-corrected chi connectivity index (χ0v) is 18.3. The van der Waals surface area contributed by atoms with Crippen molar-refractivity contribution in [1.82, 2.24) is 9.78 Å². The van der Waals surface area contributed by atoms with E-state index in [9.17, 15) is 14.9 Å². The topological polar surface area (TPSA) is 93.3 Å². The van der Waals surface area contributed by atoms with Crippen molar-refractivity contribution in [3.8, 4) is 16.9 Å². The van der Waals surface area contributed by atoms with Gasteiger partial charge in [0.15, 0.2) is 0 Å². The van der Waals surface area contributed by atoms with Crippen LogP contribution in [0, 0.1) is 10.1 Å². The van der Waals surface area contributed by atoms with Crippen molar-refractivity contribution in [2.24, 2.45) is 4.99 Å². The Labute approximate surface area is 194 Å². The molecular weight excluding hydrogens is 428 g/mol. The summed E-state index contributed by atoms with van der Waals surface area (Å²) < 4.78 is 1.39. The number of aromatic nitrogens is 2. The smallest absolute Gasteiger partial charge is 0.280 e. The number of nitro groups is 1. The number of hydrogen-bond donors (Lipinski definition) is 1. The Morgan fingerprint density at radius 2 is 1.56 bits per heavy atom. The number of nitro benzene ring substituents is 1. The molecule has 1 heterocycles. The lowest BCUT2D eigenvalue weighted by atomic mass is 10.0. The molecule has 0 aliphatic carbocycles. The van der Waals surface area contributed by atoms with E-state index >= 15 is 0 Å². The molecular formula is C27H20N4O3. The van der Waals surface area contributed by atoms with Crippen LogP contribution in [0.5, 0.6) is 0 Å². The molecule has 7 nitrogen and oxygen atoms in total. The average molecular weight is 448 g/mol. The number of nitrogens with zero attached hydrogens (tertiary/aromatic N) is 3. The number of fused-ring (bicyclic) bond motifs is 1. The second kappa shape index (κ2) is 8.63. The van der Waals surface area contributed by atoms with Gasteiger partial charge in [-0.25, -0.2) is 4.68 Å². The van der Waals surface area contributed by atoms with Gasteiger partial charge in [0, 0.05) is 23.1 Å². The monoisotopic (exact) mass is 448 g/mol. The minimum absolute atomic E-state index is 0.0411. The van der Waals surface area contributed by atoms with Gasteiger partial charge in [-0.05, 0) is 30.5 Å². The molecule has 0 saturated carbocycles. The molecule has 0 atom stereocenters. The van der Waals surface area contributed by atoms with Crippen LogP contribution < -0.4 is 5.56 Å². The first-order valence-electron chi connectivity index (χ1n) is 10.7. The normalized spacial score (nSPS) is 11.6. The number of rotatable bonds is 5. The molecule has 5 aromatic rings. The molecule has 0 fully saturated rings. The van der Waals surface area contributed by atoms with Crippen LogP contribution in [0.2, 0.25) is 0 Å². The Hall–Kier alpha value is -4.78. The molecule has 5 rings (SSSR count). The molecule has 166 valence electrons. The highest BCUT2D eigenvalue weighted by Gasteiger charge is 2.20. The molecule has 34 heavy (non-hydrogen) atoms. The third-order valence-corrected chi connectivity index (χ3v) is 5.69. The molecule has 0 radical (unpaired) electrons. The van der Waals surface area contributed by atoms with E-state index in [4.69, 9.17) is 4.99 Å². The third kappa shape index (κ3) is 3.80. The quantitative estimate of drug-likeness (QED) is 0.202. The molecule has 4 aromatic carbocycles. The van der Waals surface area contributed by atoms with E-state index in [0.29, 0.717) is 22.7 Å². The van der Waals surface area contributed by atoms with Crippen LogP contribution in [-0.2, 0) is 0 Å². The Bertz CT molecular complexity index is 1590. The largest absolute Gasteiger partial charge is 0.290 e. The summed E-state index contributed by atoms with van der Waals surface area (Å²) in [6, 6.07) is 29.3. The number of hydrogen-bond acceptors (Lipinski definition) is 4. The van der Waals surface area contributed by atoms with E-state index in [2.05, 4.69) is 5.10 Å². The predicted octanol–water partition coefficient (Wildman–Crippen LogP) is 6.03. The summed E-state index contributed by atoms with van der Waals surface area (Å²) in [5, 5.41) is 16.3. The van der Waals surface area contributed by atoms with E-state index in [0.717, 1.165) is 22.0 Å². The highest BCUT2D eigenvalue weighted by atomic mass is 16.6. The number of aliphatic imine (C=N–C) groups is 1. The van der Waals surface area contributed by atoms with Gasteiger partial charge in [-0.3, -0.25) is 25.0 Å². The van der Waals surface area contributed by atoms with Crippen molar-refractivity contribution in [1.29, 1.82) is 0 Å². The van der Waals surface area contributed by atoms with Crippen LogP contribution in [0.25, 0.3) is 27.7 Å². The number of H-pyrrole nitrogens is 1. The highest BCUT2D eigenvalue weighted by molar-refractivity contribution is 6.06. The minimum atomic E-state index is -0.469. The Balaban J connectivity index is 1.70. The van der Waals surface area contributed by atoms with Gasteiger partial charge in [-0.2, -0.15) is 0 Å². The fraction of sp³-hybridized carbons (Fsp3) is 0.0370. The van der Waals surface area contributed by atoms with Crippen molar-refractivity contribution >= 4 is 27.9 Å². The van der Waals surface area contributed by atoms with Crippen LogP contribution in [0.3, 0.4) is 0 Å². The Kier molecular flexibility index (Phi) is 5.35. The maximum atomic E-state index is 13.6. The van der Waals surface area contributed by atoms with Crippen LogP contribution in [-0.4, -0.2) is 20.4 Å². The lowest BCUT2D eigenvalue weighted by molar-refractivity contribution is -0.384. The van der Waals surface area contributed by atoms with Gasteiger partial charge in [0.25, 0.3) is 11.2 Å². The van der Waals surface area contributed by atoms with Gasteiger partial charge in [-0.15, -0.1) is 0 Å². The minimum Gasteiger partial charge on any atom is -0.290 e. The summed E-state index contributed by atoms with van der Waals surface area (Å²) in [6.45, 7) is 1.82. The molecule has 0 unspecified atom stereocenters. The fourth-order valence-electron chi connectivity index (χ4n) is 4.03. The molecule has 0 spiro atoms. The molecule has 0 amide bonds. The first kappa shape index (κ1) is 21.1. The van der Waals surface area contributed by atoms with Crippen LogP contribution >= 0.6 is 0 Å². The summed E-state index contributed by atoms with van der Waals surface area (Å²) >= 11 is 0. The molecule has 0 aliphatic rings. The van der Waals surface area contributed by atoms with Crippen molar-refractivity contribution < 1.29 is 4.92 Å². The maximum absolute atomic E-state index is 13.6. The zero-order valence-electron chi connectivity index (χ0n) is 18.3. The first-order chi connectivity index (χ1) is 16.5. The highest BCUT2D eigenvalue weighted by Crippen LogP contribution is 2.28. The fourth-order valence-corrected chi connectivity index (χ4v) is 4.03. The summed E-state index contributed by atoms with van der Waals surface area (Å²) in [4.78, 5) is 29.0. The number of non-ortho nitro benzene ring substituents is 1. The lowest BCUT2D eigenvalue weighted by Gasteiger charge is -2.05. The maximum Gasteiger partial charge on any atom is 0.280 e. The van der Waals surface area contributed by atoms with Gasteiger partial charge in [0.1, 0.15) is 0 Å². The van der Waals surface area contributed by atoms with Gasteiger partial charge < -0.3 is 0 Å². The second-order valence-electron chi connectivity index (χ2n) is 7.84. The molecule has 7 heteroatoms. The van der Waals surface area contributed by atoms with E-state index < -0.39 is 4.92 Å². The van der Waals surface area contributed by atoms with Crippen LogP contribution in [0.15, 0.2) is 107 Å². The van der Waals surface area contributed by atoms with E-state index in [1.54, 1.807) is 12.1 Å². The lowest BCUT2D eigenvalue weighted by Crippen LogP contribution is -2.19. The van der Waals surface area contributed by atoms with Gasteiger partial charge in [-0.1, -0.05) is 66.7 Å². The molecule has 1 N–H and O–H groups in total. The molecule has 0 aliphatic heterocycles. The van der Waals surface area contributed by atoms with Crippen molar-refractivity contribution in [2.75, 3.05) is 0 Å². The predicted molar refractivity (Wildman–Crippen MR) is 134 cm³/mol. The first-order valence-corrected chi connectivity index (χ1v) is 10.7. The Morgan fingerprint density at radius 1 is 0.882 bits per heavy atom. The second-order valence-corrected chi connectivity index (χ2v) is 7.84. The van der Waals surface area contributed by atoms with Gasteiger partial charge >= 0.3 is 0 Å². The van der Waals surface area contributed by atoms with Gasteiger partial charge in [0.2, 0.25) is 0 Å². The van der Waals surface area contributed by atoms with Crippen molar-refractivity contribution in [3.05, 3.63) is 123 Å². The average Bonchev–Trinajstić information content (AvgIpc) is 3.22. The van der Waals surface area contributed by atoms with E-state index in [1.807, 2.05) is 79.7 Å². The molecule has 1 aromatic heterocycles. The third-order valence-electron chi connectivity index (χ3n) is 5.69. The summed E-state index contributed by atoms with van der Waals surface area (Å²) in [7, 11) is 0. The van der Waals surface area contributed by atoms with Crippen LogP contribution in [0.1, 0.15) is 12.5 Å². The summed E-state index contributed by atoms with van der Waals surface area (Å²) in [5.41, 5.74) is 3.42. The van der Waals surface area contributed by atoms with E-state index in [1.165, 1.54) is 16.8 Å². The number of nitrogens with one attached hydrogen (secondary N) is 1. The summed E-state index contributed by atoms with van der Waals surface area (Å²) in [5.74, 6) is 0. The number of aromatic amines is 1. The van der Waals surface area contributed by atoms with Crippen LogP contribution in [0.4, 0.5) is 11.4 Å². The Morgan fingerprint density at radius 3 is 2.29 bits per heavy atom. The molecule has 0 saturated heterocycles. The van der Waals surface area contributed by atoms with E-state index in [-0.39, 0.29) is 11.2 Å².